The third-order valence-electron chi connectivity index (χ3n) is 4.76. The highest BCUT2D eigenvalue weighted by atomic mass is 15.2. The van der Waals surface area contributed by atoms with Crippen molar-refractivity contribution >= 4 is 0 Å². The Labute approximate surface area is 115 Å². The van der Waals surface area contributed by atoms with E-state index in [0.717, 1.165) is 18.5 Å². The van der Waals surface area contributed by atoms with Crippen LogP contribution in [0.25, 0.3) is 0 Å². The maximum atomic E-state index is 3.66. The van der Waals surface area contributed by atoms with Gasteiger partial charge in [-0.3, -0.25) is 0 Å². The van der Waals surface area contributed by atoms with Crippen LogP contribution < -0.4 is 5.32 Å². The van der Waals surface area contributed by atoms with Crippen LogP contribution in [0.2, 0.25) is 0 Å². The van der Waals surface area contributed by atoms with Crippen molar-refractivity contribution < 1.29 is 0 Å². The van der Waals surface area contributed by atoms with Gasteiger partial charge in [-0.05, 0) is 57.5 Å². The van der Waals surface area contributed by atoms with Crippen molar-refractivity contribution in [2.45, 2.75) is 72.9 Å². The zero-order chi connectivity index (χ0) is 13.8. The lowest BCUT2D eigenvalue weighted by Crippen LogP contribution is -2.51. The van der Waals surface area contributed by atoms with E-state index in [1.807, 2.05) is 0 Å². The summed E-state index contributed by atoms with van der Waals surface area (Å²) in [5, 5.41) is 3.66. The van der Waals surface area contributed by atoms with E-state index in [1.54, 1.807) is 0 Å². The highest BCUT2D eigenvalue weighted by Crippen LogP contribution is 2.28. The van der Waals surface area contributed by atoms with Crippen molar-refractivity contribution in [2.24, 2.45) is 11.3 Å². The summed E-state index contributed by atoms with van der Waals surface area (Å²) in [6.07, 6.45) is 3.96. The molecule has 1 aliphatic rings. The third-order valence-corrected chi connectivity index (χ3v) is 4.76. The number of rotatable bonds is 6. The number of likely N-dealkylation sites (tertiary alicyclic amines) is 1. The van der Waals surface area contributed by atoms with Gasteiger partial charge in [0.05, 0.1) is 0 Å². The Balaban J connectivity index is 2.48. The van der Waals surface area contributed by atoms with Gasteiger partial charge >= 0.3 is 0 Å². The van der Waals surface area contributed by atoms with Gasteiger partial charge in [0.25, 0.3) is 0 Å². The summed E-state index contributed by atoms with van der Waals surface area (Å²) in [6, 6.07) is 1.34. The molecule has 1 heterocycles. The molecule has 0 amide bonds. The zero-order valence-electron chi connectivity index (χ0n) is 13.4. The van der Waals surface area contributed by atoms with Crippen LogP contribution in [-0.4, -0.2) is 36.6 Å². The standard InChI is InChI=1S/C16H34N2/c1-7-9-17-15(4)16(5,6)12-18-10-8-13(2)11-14(18)3/h13-15,17H,7-12H2,1-6H3. The zero-order valence-corrected chi connectivity index (χ0v) is 13.4. The third kappa shape index (κ3) is 4.55. The number of piperidine rings is 1. The summed E-state index contributed by atoms with van der Waals surface area (Å²) in [6.45, 7) is 17.8. The van der Waals surface area contributed by atoms with E-state index in [9.17, 15) is 0 Å². The van der Waals surface area contributed by atoms with Crippen molar-refractivity contribution in [3.8, 4) is 0 Å². The van der Waals surface area contributed by atoms with Crippen molar-refractivity contribution in [3.63, 3.8) is 0 Å². The van der Waals surface area contributed by atoms with E-state index >= 15 is 0 Å². The fourth-order valence-corrected chi connectivity index (χ4v) is 2.99. The summed E-state index contributed by atoms with van der Waals surface area (Å²) < 4.78 is 0. The molecule has 0 aliphatic carbocycles. The largest absolute Gasteiger partial charge is 0.314 e. The molecule has 1 fully saturated rings. The van der Waals surface area contributed by atoms with Gasteiger partial charge in [0.15, 0.2) is 0 Å². The Hall–Kier alpha value is -0.0800. The van der Waals surface area contributed by atoms with Crippen LogP contribution in [0.3, 0.4) is 0 Å². The van der Waals surface area contributed by atoms with Crippen molar-refractivity contribution in [1.29, 1.82) is 0 Å². The van der Waals surface area contributed by atoms with Crippen LogP contribution in [0, 0.1) is 11.3 Å². The topological polar surface area (TPSA) is 15.3 Å². The van der Waals surface area contributed by atoms with Crippen molar-refractivity contribution in [1.82, 2.24) is 10.2 Å². The van der Waals surface area contributed by atoms with Gasteiger partial charge in [-0.1, -0.05) is 27.7 Å². The van der Waals surface area contributed by atoms with Gasteiger partial charge in [-0.25, -0.2) is 0 Å². The minimum absolute atomic E-state index is 0.351. The summed E-state index contributed by atoms with van der Waals surface area (Å²) in [4.78, 5) is 2.70. The molecule has 0 radical (unpaired) electrons. The fourth-order valence-electron chi connectivity index (χ4n) is 2.99. The predicted molar refractivity (Wildman–Crippen MR) is 81.0 cm³/mol. The van der Waals surface area contributed by atoms with Gasteiger partial charge < -0.3 is 10.2 Å². The molecule has 0 spiro atoms. The van der Waals surface area contributed by atoms with Crippen LogP contribution in [0.1, 0.15) is 60.8 Å². The molecule has 0 aromatic heterocycles. The average Bonchev–Trinajstić information content (AvgIpc) is 2.29. The molecule has 0 aromatic carbocycles. The molecule has 2 nitrogen and oxygen atoms in total. The van der Waals surface area contributed by atoms with Gasteiger partial charge in [-0.2, -0.15) is 0 Å². The first-order chi connectivity index (χ1) is 8.36. The summed E-state index contributed by atoms with van der Waals surface area (Å²) in [7, 11) is 0. The highest BCUT2D eigenvalue weighted by Gasteiger charge is 2.31. The lowest BCUT2D eigenvalue weighted by Gasteiger charge is -2.43. The Kier molecular flexibility index (Phi) is 6.13. The molecule has 2 heteroatoms. The van der Waals surface area contributed by atoms with E-state index in [1.165, 1.54) is 32.4 Å². The Morgan fingerprint density at radius 2 is 2.00 bits per heavy atom. The normalized spacial score (nSPS) is 28.3. The fraction of sp³-hybridized carbons (Fsp3) is 1.00. The summed E-state index contributed by atoms with van der Waals surface area (Å²) in [5.41, 5.74) is 0.351. The van der Waals surface area contributed by atoms with E-state index < -0.39 is 0 Å². The second-order valence-electron chi connectivity index (χ2n) is 7.11. The SMILES string of the molecule is CCCNC(C)C(C)(C)CN1CCC(C)CC1C. The number of nitrogens with one attached hydrogen (secondary N) is 1. The Morgan fingerprint density at radius 1 is 1.33 bits per heavy atom. The molecule has 1 saturated heterocycles. The van der Waals surface area contributed by atoms with Crippen LogP contribution in [0.4, 0.5) is 0 Å². The molecule has 0 aromatic rings. The minimum atomic E-state index is 0.351. The lowest BCUT2D eigenvalue weighted by molar-refractivity contribution is 0.0697. The predicted octanol–water partition coefficient (Wildman–Crippen LogP) is 3.52. The van der Waals surface area contributed by atoms with Gasteiger partial charge in [0.1, 0.15) is 0 Å². The van der Waals surface area contributed by atoms with E-state index in [-0.39, 0.29) is 0 Å². The minimum Gasteiger partial charge on any atom is -0.314 e. The first-order valence-electron chi connectivity index (χ1n) is 7.84. The molecule has 0 saturated carbocycles. The summed E-state index contributed by atoms with van der Waals surface area (Å²) in [5.74, 6) is 0.912. The van der Waals surface area contributed by atoms with Crippen LogP contribution >= 0.6 is 0 Å². The molecular weight excluding hydrogens is 220 g/mol. The average molecular weight is 254 g/mol. The number of nitrogens with zero attached hydrogens (tertiary/aromatic N) is 1. The molecule has 3 atom stereocenters. The molecule has 1 rings (SSSR count). The second-order valence-corrected chi connectivity index (χ2v) is 7.11. The van der Waals surface area contributed by atoms with E-state index in [0.29, 0.717) is 11.5 Å². The molecule has 1 aliphatic heterocycles. The molecule has 0 bridgehead atoms. The smallest absolute Gasteiger partial charge is 0.0102 e. The van der Waals surface area contributed by atoms with Crippen LogP contribution in [-0.2, 0) is 0 Å². The van der Waals surface area contributed by atoms with Gasteiger partial charge in [-0.15, -0.1) is 0 Å². The van der Waals surface area contributed by atoms with E-state index in [4.69, 9.17) is 0 Å². The van der Waals surface area contributed by atoms with Crippen molar-refractivity contribution in [3.05, 3.63) is 0 Å². The number of hydrogen-bond acceptors (Lipinski definition) is 2. The highest BCUT2D eigenvalue weighted by molar-refractivity contribution is 4.87. The molecule has 3 unspecified atom stereocenters. The Morgan fingerprint density at radius 3 is 2.56 bits per heavy atom. The van der Waals surface area contributed by atoms with Gasteiger partial charge in [0, 0.05) is 18.6 Å². The number of hydrogen-bond donors (Lipinski definition) is 1. The molecule has 1 N–H and O–H groups in total. The summed E-state index contributed by atoms with van der Waals surface area (Å²) >= 11 is 0. The monoisotopic (exact) mass is 254 g/mol. The second kappa shape index (κ2) is 6.91. The van der Waals surface area contributed by atoms with Crippen molar-refractivity contribution in [2.75, 3.05) is 19.6 Å². The molecule has 108 valence electrons. The lowest BCUT2D eigenvalue weighted by atomic mass is 9.82. The molecular formula is C16H34N2. The first kappa shape index (κ1) is 16.0. The quantitative estimate of drug-likeness (QED) is 0.780. The maximum absolute atomic E-state index is 3.66. The van der Waals surface area contributed by atoms with Gasteiger partial charge in [0.2, 0.25) is 0 Å². The maximum Gasteiger partial charge on any atom is 0.0102 e. The first-order valence-corrected chi connectivity index (χ1v) is 7.84. The van der Waals surface area contributed by atoms with Crippen LogP contribution in [0.5, 0.6) is 0 Å². The van der Waals surface area contributed by atoms with E-state index in [2.05, 4.69) is 51.8 Å². The van der Waals surface area contributed by atoms with Crippen LogP contribution in [0.15, 0.2) is 0 Å². The Bertz CT molecular complexity index is 237. The molecule has 18 heavy (non-hydrogen) atoms.